The maximum atomic E-state index is 5.91. The number of hydrogen-bond donors (Lipinski definition) is 2. The number of nitrogens with two attached hydrogens (primary N) is 1. The average Bonchev–Trinajstić information content (AvgIpc) is 2.38. The molecule has 18 heavy (non-hydrogen) atoms. The molecule has 1 fully saturated rings. The lowest BCUT2D eigenvalue weighted by Gasteiger charge is -2.26. The maximum absolute atomic E-state index is 5.91. The third-order valence-electron chi connectivity index (χ3n) is 3.06. The smallest absolute Gasteiger partial charge is 0.0517 e. The van der Waals surface area contributed by atoms with Gasteiger partial charge in [0.15, 0.2) is 0 Å². The molecular formula is C13H19BrN4. The molecule has 1 saturated heterocycles. The second kappa shape index (κ2) is 6.87. The number of anilines is 1. The van der Waals surface area contributed by atoms with Crippen LogP contribution in [0.5, 0.6) is 0 Å². The van der Waals surface area contributed by atoms with Gasteiger partial charge in [0.1, 0.15) is 0 Å². The predicted molar refractivity (Wildman–Crippen MR) is 80.3 cm³/mol. The number of nitrogen functional groups attached to an aromatic ring is 1. The molecule has 0 aromatic heterocycles. The topological polar surface area (TPSA) is 53.6 Å². The van der Waals surface area contributed by atoms with Crippen LogP contribution in [-0.2, 0) is 0 Å². The van der Waals surface area contributed by atoms with Crippen molar-refractivity contribution >= 4 is 27.8 Å². The van der Waals surface area contributed by atoms with Crippen LogP contribution in [0.3, 0.4) is 0 Å². The third-order valence-corrected chi connectivity index (χ3v) is 3.75. The number of nitrogens with one attached hydrogen (secondary N) is 1. The largest absolute Gasteiger partial charge is 0.398 e. The van der Waals surface area contributed by atoms with Crippen LogP contribution in [0.15, 0.2) is 27.7 Å². The molecule has 0 saturated carbocycles. The molecular weight excluding hydrogens is 292 g/mol. The van der Waals surface area contributed by atoms with Crippen LogP contribution in [0.25, 0.3) is 0 Å². The number of nitrogens with zero attached hydrogens (tertiary/aromatic N) is 2. The number of benzene rings is 1. The molecule has 0 amide bonds. The van der Waals surface area contributed by atoms with E-state index in [1.165, 1.54) is 0 Å². The van der Waals surface area contributed by atoms with Crippen LogP contribution in [0.2, 0.25) is 0 Å². The summed E-state index contributed by atoms with van der Waals surface area (Å²) < 4.78 is 0.994. The molecule has 0 bridgehead atoms. The molecule has 0 radical (unpaired) electrons. The first kappa shape index (κ1) is 13.5. The second-order valence-electron chi connectivity index (χ2n) is 4.37. The van der Waals surface area contributed by atoms with Gasteiger partial charge in [-0.15, -0.1) is 0 Å². The van der Waals surface area contributed by atoms with Crippen LogP contribution in [-0.4, -0.2) is 50.4 Å². The Bertz CT molecular complexity index is 393. The summed E-state index contributed by atoms with van der Waals surface area (Å²) in [6.45, 7) is 6.24. The highest BCUT2D eigenvalue weighted by molar-refractivity contribution is 9.10. The predicted octanol–water partition coefficient (Wildman–Crippen LogP) is 1.36. The van der Waals surface area contributed by atoms with Gasteiger partial charge in [-0.1, -0.05) is 22.0 Å². The fourth-order valence-electron chi connectivity index (χ4n) is 1.98. The monoisotopic (exact) mass is 310 g/mol. The zero-order valence-corrected chi connectivity index (χ0v) is 12.0. The molecule has 5 heteroatoms. The van der Waals surface area contributed by atoms with Crippen LogP contribution in [0.4, 0.5) is 5.69 Å². The van der Waals surface area contributed by atoms with Gasteiger partial charge in [0.25, 0.3) is 0 Å². The van der Waals surface area contributed by atoms with E-state index in [2.05, 4.69) is 31.1 Å². The van der Waals surface area contributed by atoms with Gasteiger partial charge >= 0.3 is 0 Å². The van der Waals surface area contributed by atoms with Crippen molar-refractivity contribution in [3.05, 3.63) is 28.2 Å². The van der Waals surface area contributed by atoms with Gasteiger partial charge in [0.2, 0.25) is 0 Å². The molecule has 98 valence electrons. The van der Waals surface area contributed by atoms with Crippen molar-refractivity contribution < 1.29 is 0 Å². The standard InChI is InChI=1S/C13H19BrN4/c14-12-2-1-3-13(15)11(12)10-17-6-9-18-7-4-16-5-8-18/h1-3,10,16H,4-9,15H2. The summed E-state index contributed by atoms with van der Waals surface area (Å²) in [7, 11) is 0. The Kier molecular flexibility index (Phi) is 5.16. The number of aliphatic imine (C=N–C) groups is 1. The zero-order valence-electron chi connectivity index (χ0n) is 10.4. The lowest BCUT2D eigenvalue weighted by atomic mass is 10.2. The zero-order chi connectivity index (χ0) is 12.8. The highest BCUT2D eigenvalue weighted by Gasteiger charge is 2.07. The van der Waals surface area contributed by atoms with E-state index >= 15 is 0 Å². The Balaban J connectivity index is 1.83. The van der Waals surface area contributed by atoms with E-state index in [-0.39, 0.29) is 0 Å². The van der Waals surface area contributed by atoms with E-state index in [1.54, 1.807) is 0 Å². The van der Waals surface area contributed by atoms with E-state index in [0.717, 1.165) is 55.0 Å². The SMILES string of the molecule is Nc1cccc(Br)c1C=NCCN1CCNCC1. The van der Waals surface area contributed by atoms with E-state index in [9.17, 15) is 0 Å². The minimum Gasteiger partial charge on any atom is -0.398 e. The Morgan fingerprint density at radius 1 is 1.39 bits per heavy atom. The van der Waals surface area contributed by atoms with Crippen LogP contribution < -0.4 is 11.1 Å². The maximum Gasteiger partial charge on any atom is 0.0517 e. The molecule has 1 aromatic carbocycles. The van der Waals surface area contributed by atoms with Gasteiger partial charge in [-0.3, -0.25) is 9.89 Å². The Hall–Kier alpha value is -0.910. The van der Waals surface area contributed by atoms with Crippen molar-refractivity contribution in [1.82, 2.24) is 10.2 Å². The number of piperazine rings is 1. The van der Waals surface area contributed by atoms with Gasteiger partial charge in [-0.05, 0) is 12.1 Å². The van der Waals surface area contributed by atoms with Gasteiger partial charge in [0, 0.05) is 54.7 Å². The van der Waals surface area contributed by atoms with Crippen LogP contribution >= 0.6 is 15.9 Å². The van der Waals surface area contributed by atoms with Gasteiger partial charge in [-0.25, -0.2) is 0 Å². The minimum atomic E-state index is 0.760. The molecule has 0 atom stereocenters. The third kappa shape index (κ3) is 3.80. The Morgan fingerprint density at radius 2 is 2.17 bits per heavy atom. The van der Waals surface area contributed by atoms with Gasteiger partial charge in [-0.2, -0.15) is 0 Å². The molecule has 1 aromatic rings. The number of halogens is 1. The Morgan fingerprint density at radius 3 is 2.89 bits per heavy atom. The molecule has 1 aliphatic heterocycles. The van der Waals surface area contributed by atoms with Crippen LogP contribution in [0.1, 0.15) is 5.56 Å². The first-order valence-corrected chi connectivity index (χ1v) is 7.03. The summed E-state index contributed by atoms with van der Waals surface area (Å²) in [6, 6.07) is 5.80. The lowest BCUT2D eigenvalue weighted by Crippen LogP contribution is -2.44. The van der Waals surface area contributed by atoms with E-state index in [4.69, 9.17) is 5.73 Å². The van der Waals surface area contributed by atoms with Crippen molar-refractivity contribution in [2.24, 2.45) is 4.99 Å². The summed E-state index contributed by atoms with van der Waals surface area (Å²) in [6.07, 6.45) is 1.86. The van der Waals surface area contributed by atoms with Gasteiger partial charge in [0.05, 0.1) is 6.54 Å². The fourth-order valence-corrected chi connectivity index (χ4v) is 2.46. The van der Waals surface area contributed by atoms with Crippen molar-refractivity contribution in [3.8, 4) is 0 Å². The fraction of sp³-hybridized carbons (Fsp3) is 0.462. The van der Waals surface area contributed by atoms with Crippen molar-refractivity contribution in [3.63, 3.8) is 0 Å². The lowest BCUT2D eigenvalue weighted by molar-refractivity contribution is 0.248. The summed E-state index contributed by atoms with van der Waals surface area (Å²) >= 11 is 3.49. The summed E-state index contributed by atoms with van der Waals surface area (Å²) in [5.41, 5.74) is 7.64. The normalized spacial score (nSPS) is 17.4. The summed E-state index contributed by atoms with van der Waals surface area (Å²) in [4.78, 5) is 6.89. The molecule has 0 spiro atoms. The molecule has 4 nitrogen and oxygen atoms in total. The molecule has 0 aliphatic carbocycles. The highest BCUT2D eigenvalue weighted by atomic mass is 79.9. The molecule has 1 heterocycles. The number of hydrogen-bond acceptors (Lipinski definition) is 4. The van der Waals surface area contributed by atoms with E-state index in [1.807, 2.05) is 24.4 Å². The molecule has 0 unspecified atom stereocenters. The van der Waals surface area contributed by atoms with Crippen LogP contribution in [0, 0.1) is 0 Å². The van der Waals surface area contributed by atoms with E-state index in [0.29, 0.717) is 0 Å². The van der Waals surface area contributed by atoms with Gasteiger partial charge < -0.3 is 11.1 Å². The molecule has 1 aliphatic rings. The Labute approximate surface area is 116 Å². The summed E-state index contributed by atoms with van der Waals surface area (Å²) in [5, 5.41) is 3.34. The quantitative estimate of drug-likeness (QED) is 0.652. The summed E-state index contributed by atoms with van der Waals surface area (Å²) in [5.74, 6) is 0. The first-order valence-electron chi connectivity index (χ1n) is 6.24. The van der Waals surface area contributed by atoms with Crippen molar-refractivity contribution in [1.29, 1.82) is 0 Å². The molecule has 3 N–H and O–H groups in total. The number of rotatable bonds is 4. The van der Waals surface area contributed by atoms with E-state index < -0.39 is 0 Å². The second-order valence-corrected chi connectivity index (χ2v) is 5.22. The van der Waals surface area contributed by atoms with Crippen molar-refractivity contribution in [2.75, 3.05) is 45.0 Å². The minimum absolute atomic E-state index is 0.760. The van der Waals surface area contributed by atoms with Crippen molar-refractivity contribution in [2.45, 2.75) is 0 Å². The first-order chi connectivity index (χ1) is 8.77. The molecule has 2 rings (SSSR count). The highest BCUT2D eigenvalue weighted by Crippen LogP contribution is 2.20. The average molecular weight is 311 g/mol.